The van der Waals surface area contributed by atoms with E-state index < -0.39 is 5.91 Å². The summed E-state index contributed by atoms with van der Waals surface area (Å²) in [4.78, 5) is 12.3. The van der Waals surface area contributed by atoms with Crippen LogP contribution < -0.4 is 14.8 Å². The molecule has 0 spiro atoms. The Balaban J connectivity index is 2.23. The van der Waals surface area contributed by atoms with Crippen molar-refractivity contribution in [2.45, 2.75) is 6.92 Å². The third-order valence-corrected chi connectivity index (χ3v) is 3.45. The van der Waals surface area contributed by atoms with Gasteiger partial charge >= 0.3 is 0 Å². The Morgan fingerprint density at radius 2 is 2.08 bits per heavy atom. The fourth-order valence-electron chi connectivity index (χ4n) is 2.25. The number of anilines is 1. The third-order valence-electron chi connectivity index (χ3n) is 3.45. The quantitative estimate of drug-likeness (QED) is 0.493. The molecule has 0 aliphatic heterocycles. The van der Waals surface area contributed by atoms with E-state index in [1.165, 1.54) is 13.2 Å². The summed E-state index contributed by atoms with van der Waals surface area (Å²) in [5.41, 5.74) is 2.25. The molecule has 2 rings (SSSR count). The van der Waals surface area contributed by atoms with Crippen LogP contribution in [0.4, 0.5) is 5.69 Å². The summed E-state index contributed by atoms with van der Waals surface area (Å²) >= 11 is 0. The van der Waals surface area contributed by atoms with Crippen molar-refractivity contribution in [1.29, 1.82) is 5.26 Å². The Hall–Kier alpha value is -3.70. The topological polar surface area (TPSA) is 71.3 Å². The maximum Gasteiger partial charge on any atom is 0.266 e. The number of benzene rings is 2. The molecule has 0 heterocycles. The first-order valence-electron chi connectivity index (χ1n) is 7.81. The van der Waals surface area contributed by atoms with Gasteiger partial charge in [0.15, 0.2) is 11.5 Å². The first-order valence-corrected chi connectivity index (χ1v) is 7.81. The van der Waals surface area contributed by atoms with Crippen LogP contribution in [0.15, 0.2) is 48.0 Å². The molecule has 0 bridgehead atoms. The molecule has 0 radical (unpaired) electrons. The van der Waals surface area contributed by atoms with Gasteiger partial charge < -0.3 is 14.8 Å². The zero-order valence-corrected chi connectivity index (χ0v) is 14.6. The number of hydrogen-bond donors (Lipinski definition) is 1. The zero-order valence-electron chi connectivity index (χ0n) is 14.6. The van der Waals surface area contributed by atoms with Gasteiger partial charge in [0.25, 0.3) is 5.91 Å². The molecule has 5 nitrogen and oxygen atoms in total. The Morgan fingerprint density at radius 1 is 1.27 bits per heavy atom. The van der Waals surface area contributed by atoms with E-state index in [0.717, 1.165) is 5.56 Å². The van der Waals surface area contributed by atoms with Crippen molar-refractivity contribution in [3.8, 4) is 29.9 Å². The van der Waals surface area contributed by atoms with E-state index in [1.54, 1.807) is 24.3 Å². The summed E-state index contributed by atoms with van der Waals surface area (Å²) in [6.07, 6.45) is 6.67. The second-order valence-electron chi connectivity index (χ2n) is 5.40. The molecule has 0 aromatic heterocycles. The molecule has 0 atom stereocenters. The molecule has 2 aromatic carbocycles. The van der Waals surface area contributed by atoms with Crippen molar-refractivity contribution in [3.05, 3.63) is 59.2 Å². The van der Waals surface area contributed by atoms with E-state index in [2.05, 4.69) is 11.2 Å². The number of terminal acetylenes is 1. The van der Waals surface area contributed by atoms with Crippen LogP contribution in [0.3, 0.4) is 0 Å². The van der Waals surface area contributed by atoms with Crippen LogP contribution in [0.1, 0.15) is 11.1 Å². The molecule has 0 fully saturated rings. The fraction of sp³-hybridized carbons (Fsp3) is 0.143. The van der Waals surface area contributed by atoms with Gasteiger partial charge in [-0.25, -0.2) is 0 Å². The van der Waals surface area contributed by atoms with E-state index in [0.29, 0.717) is 22.7 Å². The lowest BCUT2D eigenvalue weighted by Gasteiger charge is -2.09. The Bertz CT molecular complexity index is 918. The summed E-state index contributed by atoms with van der Waals surface area (Å²) in [5.74, 6) is 2.85. The number of carbonyl (C=O) groups is 1. The summed E-state index contributed by atoms with van der Waals surface area (Å²) in [6.45, 7) is 2.04. The molecule has 1 amide bonds. The minimum Gasteiger partial charge on any atom is -0.493 e. The molecule has 2 aromatic rings. The van der Waals surface area contributed by atoms with Crippen molar-refractivity contribution in [3.63, 3.8) is 0 Å². The van der Waals surface area contributed by atoms with Crippen molar-refractivity contribution >= 4 is 17.7 Å². The van der Waals surface area contributed by atoms with Gasteiger partial charge in [-0.05, 0) is 48.4 Å². The largest absolute Gasteiger partial charge is 0.493 e. The van der Waals surface area contributed by atoms with E-state index in [9.17, 15) is 10.1 Å². The lowest BCUT2D eigenvalue weighted by molar-refractivity contribution is -0.112. The number of nitriles is 1. The Labute approximate surface area is 152 Å². The highest BCUT2D eigenvalue weighted by atomic mass is 16.5. The van der Waals surface area contributed by atoms with E-state index in [4.69, 9.17) is 15.9 Å². The highest BCUT2D eigenvalue weighted by molar-refractivity contribution is 6.09. The average Bonchev–Trinajstić information content (AvgIpc) is 2.64. The van der Waals surface area contributed by atoms with Gasteiger partial charge in [-0.2, -0.15) is 5.26 Å². The SMILES string of the molecule is C#CCOc1ccc(/C=C(/C#N)C(=O)Nc2cccc(C)c2)cc1OC. The lowest BCUT2D eigenvalue weighted by atomic mass is 10.1. The van der Waals surface area contributed by atoms with Crippen LogP contribution in [0.2, 0.25) is 0 Å². The summed E-state index contributed by atoms with van der Waals surface area (Å²) in [7, 11) is 1.50. The van der Waals surface area contributed by atoms with Gasteiger partial charge in [0.05, 0.1) is 7.11 Å². The molecule has 26 heavy (non-hydrogen) atoms. The van der Waals surface area contributed by atoms with Crippen molar-refractivity contribution in [2.24, 2.45) is 0 Å². The molecular formula is C21H18N2O3. The molecule has 0 aliphatic carbocycles. The highest BCUT2D eigenvalue weighted by Crippen LogP contribution is 2.29. The molecule has 0 aliphatic rings. The molecule has 1 N–H and O–H groups in total. The molecule has 0 saturated carbocycles. The minimum atomic E-state index is -0.482. The number of methoxy groups -OCH3 is 1. The summed E-state index contributed by atoms with van der Waals surface area (Å²) in [5, 5.41) is 12.0. The molecule has 0 saturated heterocycles. The van der Waals surface area contributed by atoms with Gasteiger partial charge in [0.2, 0.25) is 0 Å². The van der Waals surface area contributed by atoms with Crippen molar-refractivity contribution in [1.82, 2.24) is 0 Å². The maximum atomic E-state index is 12.3. The van der Waals surface area contributed by atoms with Gasteiger partial charge in [0.1, 0.15) is 18.2 Å². The minimum absolute atomic E-state index is 0.0224. The van der Waals surface area contributed by atoms with E-state index >= 15 is 0 Å². The number of amides is 1. The molecule has 0 unspecified atom stereocenters. The van der Waals surface area contributed by atoms with Crippen LogP contribution in [0.25, 0.3) is 6.08 Å². The summed E-state index contributed by atoms with van der Waals surface area (Å²) < 4.78 is 10.6. The normalized spacial score (nSPS) is 10.4. The number of ether oxygens (including phenoxy) is 2. The smallest absolute Gasteiger partial charge is 0.266 e. The molecule has 5 heteroatoms. The lowest BCUT2D eigenvalue weighted by Crippen LogP contribution is -2.13. The van der Waals surface area contributed by atoms with E-state index in [-0.39, 0.29) is 12.2 Å². The van der Waals surface area contributed by atoms with Crippen LogP contribution in [-0.2, 0) is 4.79 Å². The average molecular weight is 346 g/mol. The van der Waals surface area contributed by atoms with Gasteiger partial charge in [-0.15, -0.1) is 6.42 Å². The molecular weight excluding hydrogens is 328 g/mol. The van der Waals surface area contributed by atoms with Gasteiger partial charge in [0, 0.05) is 5.69 Å². The van der Waals surface area contributed by atoms with Gasteiger partial charge in [-0.3, -0.25) is 4.79 Å². The van der Waals surface area contributed by atoms with Crippen LogP contribution >= 0.6 is 0 Å². The Morgan fingerprint density at radius 3 is 2.73 bits per heavy atom. The maximum absolute atomic E-state index is 12.3. The van der Waals surface area contributed by atoms with Crippen molar-refractivity contribution < 1.29 is 14.3 Å². The first kappa shape index (κ1) is 18.6. The standard InChI is InChI=1S/C21H18N2O3/c1-4-10-26-19-9-8-16(13-20(19)25-3)12-17(14-22)21(24)23-18-7-5-6-15(2)11-18/h1,5-9,11-13H,10H2,2-3H3,(H,23,24)/b17-12-. The third kappa shape index (κ3) is 4.90. The number of hydrogen-bond acceptors (Lipinski definition) is 4. The number of aryl methyl sites for hydroxylation is 1. The number of carbonyl (C=O) groups excluding carboxylic acids is 1. The summed E-state index contributed by atoms with van der Waals surface area (Å²) in [6, 6.07) is 14.3. The number of rotatable bonds is 6. The predicted molar refractivity (Wildman–Crippen MR) is 101 cm³/mol. The Kier molecular flexibility index (Phi) is 6.42. The first-order chi connectivity index (χ1) is 12.6. The number of nitrogens with zero attached hydrogens (tertiary/aromatic N) is 1. The van der Waals surface area contributed by atoms with Crippen LogP contribution in [-0.4, -0.2) is 19.6 Å². The van der Waals surface area contributed by atoms with Gasteiger partial charge in [-0.1, -0.05) is 24.1 Å². The highest BCUT2D eigenvalue weighted by Gasteiger charge is 2.11. The molecule has 130 valence electrons. The zero-order chi connectivity index (χ0) is 18.9. The van der Waals surface area contributed by atoms with Crippen LogP contribution in [0.5, 0.6) is 11.5 Å². The van der Waals surface area contributed by atoms with E-state index in [1.807, 2.05) is 31.2 Å². The van der Waals surface area contributed by atoms with Crippen LogP contribution in [0, 0.1) is 30.6 Å². The predicted octanol–water partition coefficient (Wildman–Crippen LogP) is 3.56. The number of nitrogens with one attached hydrogen (secondary N) is 1. The second kappa shape index (κ2) is 8.96. The second-order valence-corrected chi connectivity index (χ2v) is 5.40. The monoisotopic (exact) mass is 346 g/mol. The van der Waals surface area contributed by atoms with Crippen molar-refractivity contribution in [2.75, 3.05) is 19.0 Å². The fourth-order valence-corrected chi connectivity index (χ4v) is 2.25.